The minimum atomic E-state index is 0.732. The lowest BCUT2D eigenvalue weighted by Gasteiger charge is -2.01. The van der Waals surface area contributed by atoms with Crippen molar-refractivity contribution in [2.45, 2.75) is 43.0 Å². The molecule has 2 aromatic rings. The summed E-state index contributed by atoms with van der Waals surface area (Å²) in [6, 6.07) is 13.5. The average Bonchev–Trinajstić information content (AvgIpc) is 3.15. The SMILES string of the molecule is Cc1ccc(SCc2ccc(CNC3CC3)o2)cc1. The third-order valence-electron chi connectivity index (χ3n) is 3.26. The van der Waals surface area contributed by atoms with Gasteiger partial charge in [-0.1, -0.05) is 17.7 Å². The van der Waals surface area contributed by atoms with Crippen LogP contribution in [0.2, 0.25) is 0 Å². The number of aryl methyl sites for hydroxylation is 1. The zero-order valence-corrected chi connectivity index (χ0v) is 12.0. The number of hydrogen-bond acceptors (Lipinski definition) is 3. The summed E-state index contributed by atoms with van der Waals surface area (Å²) in [6.07, 6.45) is 2.63. The van der Waals surface area contributed by atoms with Gasteiger partial charge in [0.2, 0.25) is 0 Å². The molecule has 100 valence electrons. The minimum absolute atomic E-state index is 0.732. The molecule has 1 heterocycles. The first-order valence-electron chi connectivity index (χ1n) is 6.80. The zero-order valence-electron chi connectivity index (χ0n) is 11.2. The van der Waals surface area contributed by atoms with E-state index >= 15 is 0 Å². The van der Waals surface area contributed by atoms with Crippen LogP contribution in [0.1, 0.15) is 29.9 Å². The molecule has 0 atom stereocenters. The molecular weight excluding hydrogens is 254 g/mol. The molecule has 1 aliphatic carbocycles. The minimum Gasteiger partial charge on any atom is -0.464 e. The number of thioether (sulfide) groups is 1. The number of nitrogens with one attached hydrogen (secondary N) is 1. The summed E-state index contributed by atoms with van der Waals surface area (Å²) in [5.74, 6) is 3.00. The summed E-state index contributed by atoms with van der Waals surface area (Å²) in [7, 11) is 0. The zero-order chi connectivity index (χ0) is 13.1. The van der Waals surface area contributed by atoms with Crippen molar-refractivity contribution in [3.8, 4) is 0 Å². The van der Waals surface area contributed by atoms with Crippen LogP contribution in [0.3, 0.4) is 0 Å². The monoisotopic (exact) mass is 273 g/mol. The maximum Gasteiger partial charge on any atom is 0.118 e. The first kappa shape index (κ1) is 12.8. The molecule has 0 radical (unpaired) electrons. The van der Waals surface area contributed by atoms with Gasteiger partial charge in [0.1, 0.15) is 11.5 Å². The van der Waals surface area contributed by atoms with E-state index < -0.39 is 0 Å². The van der Waals surface area contributed by atoms with Gasteiger partial charge < -0.3 is 9.73 Å². The number of benzene rings is 1. The Morgan fingerprint density at radius 3 is 2.58 bits per heavy atom. The van der Waals surface area contributed by atoms with Crippen LogP contribution in [0.15, 0.2) is 45.7 Å². The first-order chi connectivity index (χ1) is 9.29. The Morgan fingerprint density at radius 2 is 1.84 bits per heavy atom. The van der Waals surface area contributed by atoms with Gasteiger partial charge in [0.25, 0.3) is 0 Å². The fourth-order valence-corrected chi connectivity index (χ4v) is 2.71. The van der Waals surface area contributed by atoms with Crippen LogP contribution >= 0.6 is 11.8 Å². The van der Waals surface area contributed by atoms with E-state index in [9.17, 15) is 0 Å². The predicted octanol–water partition coefficient (Wildman–Crippen LogP) is 4.13. The van der Waals surface area contributed by atoms with E-state index in [2.05, 4.69) is 48.6 Å². The highest BCUT2D eigenvalue weighted by Crippen LogP contribution is 2.24. The fourth-order valence-electron chi connectivity index (χ4n) is 1.92. The van der Waals surface area contributed by atoms with Crippen LogP contribution in [0.4, 0.5) is 0 Å². The molecule has 0 amide bonds. The van der Waals surface area contributed by atoms with Crippen molar-refractivity contribution in [3.63, 3.8) is 0 Å². The number of rotatable bonds is 6. The van der Waals surface area contributed by atoms with E-state index in [1.807, 2.05) is 11.8 Å². The third-order valence-corrected chi connectivity index (χ3v) is 4.30. The molecule has 1 saturated carbocycles. The molecular formula is C16H19NOS. The van der Waals surface area contributed by atoms with Gasteiger partial charge in [-0.25, -0.2) is 0 Å². The standard InChI is InChI=1S/C16H19NOS/c1-12-2-8-16(9-3-12)19-11-15-7-6-14(18-15)10-17-13-4-5-13/h2-3,6-9,13,17H,4-5,10-11H2,1H3. The van der Waals surface area contributed by atoms with E-state index in [-0.39, 0.29) is 0 Å². The maximum absolute atomic E-state index is 5.82. The molecule has 1 fully saturated rings. The van der Waals surface area contributed by atoms with Crippen molar-refractivity contribution in [2.75, 3.05) is 0 Å². The van der Waals surface area contributed by atoms with E-state index in [0.29, 0.717) is 0 Å². The molecule has 3 rings (SSSR count). The van der Waals surface area contributed by atoms with Crippen molar-refractivity contribution >= 4 is 11.8 Å². The largest absolute Gasteiger partial charge is 0.464 e. The average molecular weight is 273 g/mol. The van der Waals surface area contributed by atoms with Gasteiger partial charge in [-0.05, 0) is 44.0 Å². The molecule has 2 nitrogen and oxygen atoms in total. The Bertz CT molecular complexity index is 528. The molecule has 0 aliphatic heterocycles. The van der Waals surface area contributed by atoms with Crippen LogP contribution in [-0.2, 0) is 12.3 Å². The van der Waals surface area contributed by atoms with Crippen LogP contribution in [0.5, 0.6) is 0 Å². The molecule has 0 bridgehead atoms. The molecule has 1 aliphatic rings. The lowest BCUT2D eigenvalue weighted by molar-refractivity contribution is 0.458. The van der Waals surface area contributed by atoms with Gasteiger partial charge in [0, 0.05) is 10.9 Å². The Kier molecular flexibility index (Phi) is 3.95. The smallest absolute Gasteiger partial charge is 0.118 e. The summed E-state index contributed by atoms with van der Waals surface area (Å²) in [5.41, 5.74) is 1.30. The normalized spacial score (nSPS) is 14.8. The Hall–Kier alpha value is -1.19. The molecule has 0 saturated heterocycles. The van der Waals surface area contributed by atoms with E-state index in [1.165, 1.54) is 23.3 Å². The topological polar surface area (TPSA) is 25.2 Å². The highest BCUT2D eigenvalue weighted by molar-refractivity contribution is 7.98. The van der Waals surface area contributed by atoms with Crippen LogP contribution in [-0.4, -0.2) is 6.04 Å². The van der Waals surface area contributed by atoms with Crippen molar-refractivity contribution in [1.29, 1.82) is 0 Å². The van der Waals surface area contributed by atoms with Gasteiger partial charge in [-0.15, -0.1) is 11.8 Å². The lowest BCUT2D eigenvalue weighted by Crippen LogP contribution is -2.14. The summed E-state index contributed by atoms with van der Waals surface area (Å²) in [4.78, 5) is 1.29. The van der Waals surface area contributed by atoms with Crippen molar-refractivity contribution in [3.05, 3.63) is 53.5 Å². The van der Waals surface area contributed by atoms with E-state index in [1.54, 1.807) is 0 Å². The Labute approximate surface area is 118 Å². The summed E-state index contributed by atoms with van der Waals surface area (Å²) < 4.78 is 5.82. The second kappa shape index (κ2) is 5.85. The molecule has 3 heteroatoms. The molecule has 19 heavy (non-hydrogen) atoms. The summed E-state index contributed by atoms with van der Waals surface area (Å²) in [5, 5.41) is 3.47. The fraction of sp³-hybridized carbons (Fsp3) is 0.375. The van der Waals surface area contributed by atoms with Crippen molar-refractivity contribution in [2.24, 2.45) is 0 Å². The summed E-state index contributed by atoms with van der Waals surface area (Å²) >= 11 is 1.82. The highest BCUT2D eigenvalue weighted by atomic mass is 32.2. The van der Waals surface area contributed by atoms with Crippen molar-refractivity contribution in [1.82, 2.24) is 5.32 Å². The van der Waals surface area contributed by atoms with Crippen molar-refractivity contribution < 1.29 is 4.42 Å². The van der Waals surface area contributed by atoms with Crippen LogP contribution in [0.25, 0.3) is 0 Å². The molecule has 1 aromatic carbocycles. The molecule has 1 aromatic heterocycles. The molecule has 0 unspecified atom stereocenters. The highest BCUT2D eigenvalue weighted by Gasteiger charge is 2.20. The second-order valence-electron chi connectivity index (χ2n) is 5.12. The predicted molar refractivity (Wildman–Crippen MR) is 79.3 cm³/mol. The van der Waals surface area contributed by atoms with Gasteiger partial charge >= 0.3 is 0 Å². The Morgan fingerprint density at radius 1 is 1.11 bits per heavy atom. The molecule has 1 N–H and O–H groups in total. The summed E-state index contributed by atoms with van der Waals surface area (Å²) in [6.45, 7) is 2.97. The Balaban J connectivity index is 1.50. The lowest BCUT2D eigenvalue weighted by atomic mass is 10.2. The van der Waals surface area contributed by atoms with Gasteiger partial charge in [-0.3, -0.25) is 0 Å². The third kappa shape index (κ3) is 3.88. The van der Waals surface area contributed by atoms with Gasteiger partial charge in [-0.2, -0.15) is 0 Å². The first-order valence-corrected chi connectivity index (χ1v) is 7.78. The van der Waals surface area contributed by atoms with Gasteiger partial charge in [0.05, 0.1) is 12.3 Å². The number of hydrogen-bond donors (Lipinski definition) is 1. The van der Waals surface area contributed by atoms with Crippen LogP contribution < -0.4 is 5.32 Å². The quantitative estimate of drug-likeness (QED) is 0.801. The van der Waals surface area contributed by atoms with Crippen LogP contribution in [0, 0.1) is 6.92 Å². The molecule has 0 spiro atoms. The number of furan rings is 1. The second-order valence-corrected chi connectivity index (χ2v) is 6.17. The van der Waals surface area contributed by atoms with E-state index in [0.717, 1.165) is 29.9 Å². The maximum atomic E-state index is 5.82. The van der Waals surface area contributed by atoms with E-state index in [4.69, 9.17) is 4.42 Å². The van der Waals surface area contributed by atoms with Gasteiger partial charge in [0.15, 0.2) is 0 Å².